The summed E-state index contributed by atoms with van der Waals surface area (Å²) in [6, 6.07) is 10.4. The van der Waals surface area contributed by atoms with Crippen molar-refractivity contribution in [3.05, 3.63) is 196 Å². The number of nitrogens with zero attached hydrogens (tertiary/aromatic N) is 1. The molecule has 0 bridgehead atoms. The molecule has 0 amide bonds. The molecule has 0 saturated heterocycles. The molecule has 0 radical (unpaired) electrons. The number of aromatic nitrogens is 1. The van der Waals surface area contributed by atoms with Crippen LogP contribution in [-0.2, 0) is 56.0 Å². The highest BCUT2D eigenvalue weighted by atomic mass is 19.4. The maximum absolute atomic E-state index is 14.2. The number of hydrogen-bond donors (Lipinski definition) is 0. The number of pyridine rings is 1. The van der Waals surface area contributed by atoms with Crippen molar-refractivity contribution in [2.24, 2.45) is 0 Å². The average Bonchev–Trinajstić information content (AvgIpc) is 3.28. The number of alkyl halides is 24. The van der Waals surface area contributed by atoms with Gasteiger partial charge in [0.1, 0.15) is 12.0 Å². The van der Waals surface area contributed by atoms with Crippen LogP contribution in [0.3, 0.4) is 0 Å². The van der Waals surface area contributed by atoms with E-state index in [-0.39, 0.29) is 5.82 Å². The van der Waals surface area contributed by atoms with Crippen LogP contribution in [0.2, 0.25) is 0 Å². The predicted octanol–water partition coefficient (Wildman–Crippen LogP) is 14.5. The summed E-state index contributed by atoms with van der Waals surface area (Å²) >= 11 is 0. The smallest absolute Gasteiger partial charge is 0.206 e. The second kappa shape index (κ2) is 19.6. The molecule has 0 aliphatic carbocycles. The summed E-state index contributed by atoms with van der Waals surface area (Å²) in [5, 5.41) is 0.663. The highest BCUT2D eigenvalue weighted by molar-refractivity contribution is 7.20. The van der Waals surface area contributed by atoms with Crippen LogP contribution in [-0.4, -0.2) is 6.15 Å². The molecule has 1 aromatic heterocycles. The molecule has 0 unspecified atom stereocenters. The lowest BCUT2D eigenvalue weighted by molar-refractivity contribution is -0.662. The molecule has 1 nitrogen and oxygen atoms in total. The summed E-state index contributed by atoms with van der Waals surface area (Å²) in [5.41, 5.74) is -28.1. The molecule has 7 rings (SSSR count). The molecule has 6 aromatic carbocycles. The third-order valence-corrected chi connectivity index (χ3v) is 11.5. The third kappa shape index (κ3) is 12.8. The van der Waals surface area contributed by atoms with Crippen molar-refractivity contribution in [2.75, 3.05) is 0 Å². The highest BCUT2D eigenvalue weighted by Gasteiger charge is 2.47. The third-order valence-electron chi connectivity index (χ3n) is 11.5. The Labute approximate surface area is 404 Å². The van der Waals surface area contributed by atoms with Gasteiger partial charge in [-0.1, -0.05) is 91.0 Å². The SMILES string of the molecule is FC(F)(F)c1cc([B-](c2cc(C(F)(F)F)cc(C(F)(F)F)c2)(c2cc(C(F)(F)F)cc(C(F)(F)F)c2)c2cc(C(F)(F)F)cc(C(F)(F)F)c2)cc(C(F)(F)F)c1.Fc1cc[n+](Cc2ccccc2)c2ccccc12. The minimum absolute atomic E-state index is 0.171. The van der Waals surface area contributed by atoms with Gasteiger partial charge in [0.2, 0.25) is 5.52 Å². The number of halogens is 25. The van der Waals surface area contributed by atoms with Crippen LogP contribution in [0.15, 0.2) is 140 Å². The molecular weight excluding hydrogens is 1080 g/mol. The minimum Gasteiger partial charge on any atom is -0.206 e. The molecule has 7 aromatic rings. The molecule has 1 heterocycles. The van der Waals surface area contributed by atoms with Gasteiger partial charge in [-0.3, -0.25) is 0 Å². The van der Waals surface area contributed by atoms with Crippen LogP contribution in [0.25, 0.3) is 10.9 Å². The Bertz CT molecular complexity index is 2750. The van der Waals surface area contributed by atoms with Crippen molar-refractivity contribution >= 4 is 38.9 Å². The Morgan fingerprint density at radius 2 is 0.560 bits per heavy atom. The molecular formula is C48H25BF25N. The van der Waals surface area contributed by atoms with E-state index in [1.54, 1.807) is 6.20 Å². The van der Waals surface area contributed by atoms with Crippen molar-refractivity contribution in [3.8, 4) is 0 Å². The van der Waals surface area contributed by atoms with E-state index in [2.05, 4.69) is 16.7 Å². The van der Waals surface area contributed by atoms with Crippen molar-refractivity contribution in [1.82, 2.24) is 0 Å². The highest BCUT2D eigenvalue weighted by Crippen LogP contribution is 2.41. The van der Waals surface area contributed by atoms with Crippen LogP contribution in [0.1, 0.15) is 50.1 Å². The fraction of sp³-hybridized carbons (Fsp3) is 0.188. The lowest BCUT2D eigenvalue weighted by Gasteiger charge is -2.46. The number of fused-ring (bicyclic) bond motifs is 1. The van der Waals surface area contributed by atoms with E-state index in [0.29, 0.717) is 5.39 Å². The summed E-state index contributed by atoms with van der Waals surface area (Å²) in [5.74, 6) is -0.171. The topological polar surface area (TPSA) is 3.88 Å². The Morgan fingerprint density at radius 3 is 0.827 bits per heavy atom. The fourth-order valence-corrected chi connectivity index (χ4v) is 8.24. The average molecular weight is 1100 g/mol. The Hall–Kier alpha value is -6.96. The summed E-state index contributed by atoms with van der Waals surface area (Å²) < 4.78 is 357. The van der Waals surface area contributed by atoms with Gasteiger partial charge in [0.25, 0.3) is 0 Å². The van der Waals surface area contributed by atoms with E-state index in [4.69, 9.17) is 0 Å². The zero-order valence-electron chi connectivity index (χ0n) is 36.5. The second-order valence-electron chi connectivity index (χ2n) is 16.5. The molecule has 0 atom stereocenters. The molecule has 27 heteroatoms. The summed E-state index contributed by atoms with van der Waals surface area (Å²) in [7, 11) is 0. The van der Waals surface area contributed by atoms with Crippen LogP contribution >= 0.6 is 0 Å². The Kier molecular flexibility index (Phi) is 15.0. The lowest BCUT2D eigenvalue weighted by Crippen LogP contribution is -2.75. The molecule has 400 valence electrons. The fourth-order valence-electron chi connectivity index (χ4n) is 8.24. The van der Waals surface area contributed by atoms with E-state index >= 15 is 0 Å². The van der Waals surface area contributed by atoms with Crippen LogP contribution in [0.4, 0.5) is 110 Å². The predicted molar refractivity (Wildman–Crippen MR) is 220 cm³/mol. The summed E-state index contributed by atoms with van der Waals surface area (Å²) in [4.78, 5) is 0. The van der Waals surface area contributed by atoms with Gasteiger partial charge in [-0.05, 0) is 30.3 Å². The second-order valence-corrected chi connectivity index (χ2v) is 16.5. The van der Waals surface area contributed by atoms with Crippen LogP contribution in [0, 0.1) is 5.82 Å². The van der Waals surface area contributed by atoms with Gasteiger partial charge >= 0.3 is 49.4 Å². The molecule has 0 aliphatic rings. The first kappa shape index (κ1) is 57.3. The van der Waals surface area contributed by atoms with E-state index in [0.717, 1.165) is 12.1 Å². The van der Waals surface area contributed by atoms with E-state index in [1.807, 2.05) is 42.5 Å². The molecule has 0 aliphatic heterocycles. The van der Waals surface area contributed by atoms with Gasteiger partial charge in [0.15, 0.2) is 12.7 Å². The molecule has 0 saturated carbocycles. The van der Waals surface area contributed by atoms with Crippen LogP contribution < -0.4 is 26.4 Å². The number of hydrogen-bond acceptors (Lipinski definition) is 0. The molecule has 0 spiro atoms. The monoisotopic (exact) mass is 1100 g/mol. The maximum Gasteiger partial charge on any atom is 0.416 e. The van der Waals surface area contributed by atoms with Gasteiger partial charge in [-0.25, -0.2) is 4.39 Å². The van der Waals surface area contributed by atoms with E-state index in [1.165, 1.54) is 11.6 Å². The van der Waals surface area contributed by atoms with Crippen LogP contribution in [0.5, 0.6) is 0 Å². The first-order chi connectivity index (χ1) is 34.1. The standard InChI is InChI=1S/C32H12BF24.C16H13FN/c34-25(35,36)13-1-14(26(37,38)39)6-21(5-13)33(22-7-15(27(40,41)42)2-16(8-22)28(43,44)45,23-9-17(29(46,47)48)3-18(10-23)30(49,50)51)24-11-19(31(52,53)54)4-20(12-24)32(55,56)57;17-15-10-11-18(12-13-6-2-1-3-7-13)16-9-5-4-8-14(15)16/h1-12H;1-11H,12H2/q-1;+1. The first-order valence-electron chi connectivity index (χ1n) is 20.6. The lowest BCUT2D eigenvalue weighted by atomic mass is 9.12. The van der Waals surface area contributed by atoms with Gasteiger partial charge in [-0.2, -0.15) is 132 Å². The summed E-state index contributed by atoms with van der Waals surface area (Å²) in [6.45, 7) is 0.752. The Morgan fingerprint density at radius 1 is 0.307 bits per heavy atom. The van der Waals surface area contributed by atoms with Crippen molar-refractivity contribution in [1.29, 1.82) is 0 Å². The number of benzene rings is 6. The maximum atomic E-state index is 14.2. The molecule has 0 fully saturated rings. The zero-order chi connectivity index (χ0) is 56.3. The number of rotatable bonds is 6. The largest absolute Gasteiger partial charge is 0.416 e. The van der Waals surface area contributed by atoms with Gasteiger partial charge in [0, 0.05) is 17.7 Å². The van der Waals surface area contributed by atoms with Gasteiger partial charge < -0.3 is 0 Å². The number of para-hydroxylation sites is 1. The quantitative estimate of drug-likeness (QED) is 0.0888. The zero-order valence-corrected chi connectivity index (χ0v) is 36.5. The minimum atomic E-state index is -6.13. The van der Waals surface area contributed by atoms with Crippen molar-refractivity contribution < 1.29 is 114 Å². The summed E-state index contributed by atoms with van der Waals surface area (Å²) in [6.07, 6.45) is -53.0. The molecule has 75 heavy (non-hydrogen) atoms. The van der Waals surface area contributed by atoms with Gasteiger partial charge in [-0.15, -0.1) is 0 Å². The van der Waals surface area contributed by atoms with Gasteiger partial charge in [0.05, 0.1) is 49.9 Å². The Balaban J connectivity index is 0.000000421. The van der Waals surface area contributed by atoms with Crippen molar-refractivity contribution in [3.63, 3.8) is 0 Å². The van der Waals surface area contributed by atoms with E-state index in [9.17, 15) is 110 Å². The van der Waals surface area contributed by atoms with E-state index < -0.39 is 195 Å². The normalized spacial score (nSPS) is 13.5. The molecule has 0 N–H and O–H groups in total. The first-order valence-corrected chi connectivity index (χ1v) is 20.6. The van der Waals surface area contributed by atoms with Crippen molar-refractivity contribution in [2.45, 2.75) is 56.0 Å².